The molecule has 0 aliphatic carbocycles. The van der Waals surface area contributed by atoms with Crippen molar-refractivity contribution in [3.8, 4) is 0 Å². The lowest BCUT2D eigenvalue weighted by atomic mass is 10.2. The first-order valence-electron chi connectivity index (χ1n) is 5.82. The number of nitrogens with zero attached hydrogens (tertiary/aromatic N) is 1. The largest absolute Gasteiger partial charge is 0.343 e. The van der Waals surface area contributed by atoms with E-state index in [1.54, 1.807) is 0 Å². The van der Waals surface area contributed by atoms with Crippen molar-refractivity contribution in [3.05, 3.63) is 68.7 Å². The van der Waals surface area contributed by atoms with E-state index in [9.17, 15) is 0 Å². The number of hydrogen-bond donors (Lipinski definition) is 0. The molecule has 96 valence electrons. The average molecular weight is 355 g/mol. The van der Waals surface area contributed by atoms with Gasteiger partial charge in [-0.15, -0.1) is 0 Å². The maximum absolute atomic E-state index is 6.26. The summed E-state index contributed by atoms with van der Waals surface area (Å²) in [4.78, 5) is 0. The van der Waals surface area contributed by atoms with Crippen LogP contribution >= 0.6 is 39.1 Å². The lowest BCUT2D eigenvalue weighted by molar-refractivity contribution is 0.837. The lowest BCUT2D eigenvalue weighted by Gasteiger charge is -2.08. The van der Waals surface area contributed by atoms with Gasteiger partial charge < -0.3 is 4.57 Å². The van der Waals surface area contributed by atoms with Crippen LogP contribution in [0.5, 0.6) is 0 Å². The van der Waals surface area contributed by atoms with Crippen LogP contribution < -0.4 is 0 Å². The fourth-order valence-electron chi connectivity index (χ4n) is 2.13. The summed E-state index contributed by atoms with van der Waals surface area (Å²) >= 11 is 15.7. The smallest absolute Gasteiger partial charge is 0.0498 e. The second-order valence-corrected chi connectivity index (χ2v) is 6.14. The molecular weight excluding hydrogens is 345 g/mol. The average Bonchev–Trinajstić information content (AvgIpc) is 2.75. The second kappa shape index (κ2) is 5.20. The Morgan fingerprint density at radius 3 is 2.63 bits per heavy atom. The van der Waals surface area contributed by atoms with E-state index < -0.39 is 0 Å². The standard InChI is InChI=1S/C15H10BrCl2N/c16-12-3-1-11(14(18)7-12)9-19-6-5-10-2-4-13(17)8-15(10)19/h1-8H,9H2. The first-order valence-corrected chi connectivity index (χ1v) is 7.37. The number of aromatic nitrogens is 1. The third-order valence-electron chi connectivity index (χ3n) is 3.09. The molecule has 3 rings (SSSR count). The van der Waals surface area contributed by atoms with Crippen LogP contribution in [0.15, 0.2) is 53.1 Å². The molecule has 19 heavy (non-hydrogen) atoms. The number of fused-ring (bicyclic) bond motifs is 1. The van der Waals surface area contributed by atoms with Crippen LogP contribution in [0.1, 0.15) is 5.56 Å². The molecular formula is C15H10BrCl2N. The Kier molecular flexibility index (Phi) is 3.57. The van der Waals surface area contributed by atoms with Gasteiger partial charge in [0.1, 0.15) is 0 Å². The molecule has 0 saturated carbocycles. The molecule has 0 fully saturated rings. The maximum Gasteiger partial charge on any atom is 0.0498 e. The number of hydrogen-bond acceptors (Lipinski definition) is 0. The van der Waals surface area contributed by atoms with Crippen molar-refractivity contribution >= 4 is 50.0 Å². The van der Waals surface area contributed by atoms with E-state index in [2.05, 4.69) is 32.8 Å². The maximum atomic E-state index is 6.26. The molecule has 0 spiro atoms. The first kappa shape index (κ1) is 13.0. The van der Waals surface area contributed by atoms with Gasteiger partial charge >= 0.3 is 0 Å². The van der Waals surface area contributed by atoms with Gasteiger partial charge in [-0.1, -0.05) is 51.3 Å². The van der Waals surface area contributed by atoms with Crippen molar-refractivity contribution in [3.63, 3.8) is 0 Å². The fourth-order valence-corrected chi connectivity index (χ4v) is 3.03. The van der Waals surface area contributed by atoms with Gasteiger partial charge in [-0.05, 0) is 41.3 Å². The highest BCUT2D eigenvalue weighted by Crippen LogP contribution is 2.25. The predicted octanol–water partition coefficient (Wildman–Crippen LogP) is 5.76. The molecule has 1 heterocycles. The van der Waals surface area contributed by atoms with Crippen molar-refractivity contribution in [2.45, 2.75) is 6.54 Å². The third-order valence-corrected chi connectivity index (χ3v) is 4.17. The summed E-state index contributed by atoms with van der Waals surface area (Å²) in [5.74, 6) is 0. The third kappa shape index (κ3) is 2.66. The second-order valence-electron chi connectivity index (χ2n) is 4.38. The summed E-state index contributed by atoms with van der Waals surface area (Å²) in [7, 11) is 0. The lowest BCUT2D eigenvalue weighted by Crippen LogP contribution is -1.98. The molecule has 4 heteroatoms. The Morgan fingerprint density at radius 2 is 1.84 bits per heavy atom. The highest BCUT2D eigenvalue weighted by molar-refractivity contribution is 9.10. The fraction of sp³-hybridized carbons (Fsp3) is 0.0667. The molecule has 0 aliphatic rings. The van der Waals surface area contributed by atoms with Crippen molar-refractivity contribution in [2.24, 2.45) is 0 Å². The topological polar surface area (TPSA) is 4.93 Å². The van der Waals surface area contributed by atoms with Gasteiger partial charge in [0, 0.05) is 32.8 Å². The van der Waals surface area contributed by atoms with Crippen LogP contribution in [0.2, 0.25) is 10.0 Å². The number of halogens is 3. The molecule has 0 atom stereocenters. The number of benzene rings is 2. The Labute approximate surface area is 129 Å². The summed E-state index contributed by atoms with van der Waals surface area (Å²) in [6.07, 6.45) is 2.05. The minimum Gasteiger partial charge on any atom is -0.343 e. The van der Waals surface area contributed by atoms with E-state index in [0.717, 1.165) is 32.1 Å². The van der Waals surface area contributed by atoms with Crippen LogP contribution in [0.3, 0.4) is 0 Å². The Balaban J connectivity index is 2.03. The minimum atomic E-state index is 0.732. The van der Waals surface area contributed by atoms with Crippen molar-refractivity contribution in [2.75, 3.05) is 0 Å². The SMILES string of the molecule is Clc1ccc2ccn(Cc3ccc(Br)cc3Cl)c2c1. The van der Waals surface area contributed by atoms with Crippen LogP contribution in [0.4, 0.5) is 0 Å². The molecule has 1 aromatic heterocycles. The first-order chi connectivity index (χ1) is 9.13. The number of rotatable bonds is 2. The summed E-state index contributed by atoms with van der Waals surface area (Å²) in [5, 5.41) is 2.69. The minimum absolute atomic E-state index is 0.732. The van der Waals surface area contributed by atoms with Gasteiger partial charge in [0.2, 0.25) is 0 Å². The summed E-state index contributed by atoms with van der Waals surface area (Å²) in [6, 6.07) is 13.9. The van der Waals surface area contributed by atoms with Crippen LogP contribution in [0, 0.1) is 0 Å². The van der Waals surface area contributed by atoms with Gasteiger partial charge in [-0.2, -0.15) is 0 Å². The van der Waals surface area contributed by atoms with Gasteiger partial charge in [0.25, 0.3) is 0 Å². The van der Waals surface area contributed by atoms with E-state index >= 15 is 0 Å². The summed E-state index contributed by atoms with van der Waals surface area (Å²) in [5.41, 5.74) is 2.20. The predicted molar refractivity (Wildman–Crippen MR) is 85.2 cm³/mol. The van der Waals surface area contributed by atoms with Crippen molar-refractivity contribution in [1.82, 2.24) is 4.57 Å². The zero-order valence-corrected chi connectivity index (χ0v) is 13.0. The molecule has 0 aliphatic heterocycles. The normalized spacial score (nSPS) is 11.1. The van der Waals surface area contributed by atoms with Crippen LogP contribution in [-0.2, 0) is 6.54 Å². The Morgan fingerprint density at radius 1 is 1.00 bits per heavy atom. The molecule has 0 amide bonds. The van der Waals surface area contributed by atoms with E-state index in [4.69, 9.17) is 23.2 Å². The summed E-state index contributed by atoms with van der Waals surface area (Å²) in [6.45, 7) is 0.732. The van der Waals surface area contributed by atoms with Crippen LogP contribution in [0.25, 0.3) is 10.9 Å². The molecule has 0 bridgehead atoms. The van der Waals surface area contributed by atoms with E-state index in [1.165, 1.54) is 5.39 Å². The Hall–Kier alpha value is -0.960. The van der Waals surface area contributed by atoms with Crippen LogP contribution in [-0.4, -0.2) is 4.57 Å². The van der Waals surface area contributed by atoms with Crippen molar-refractivity contribution < 1.29 is 0 Å². The highest BCUT2D eigenvalue weighted by atomic mass is 79.9. The molecule has 1 nitrogen and oxygen atoms in total. The van der Waals surface area contributed by atoms with Gasteiger partial charge in [0.15, 0.2) is 0 Å². The molecule has 3 aromatic rings. The molecule has 0 N–H and O–H groups in total. The summed E-state index contributed by atoms with van der Waals surface area (Å²) < 4.78 is 3.14. The molecule has 0 radical (unpaired) electrons. The zero-order chi connectivity index (χ0) is 13.4. The van der Waals surface area contributed by atoms with Gasteiger partial charge in [0.05, 0.1) is 0 Å². The van der Waals surface area contributed by atoms with Gasteiger partial charge in [-0.25, -0.2) is 0 Å². The quantitative estimate of drug-likeness (QED) is 0.551. The zero-order valence-electron chi connectivity index (χ0n) is 9.91. The molecule has 2 aromatic carbocycles. The molecule has 0 unspecified atom stereocenters. The highest BCUT2D eigenvalue weighted by Gasteiger charge is 2.05. The van der Waals surface area contributed by atoms with E-state index in [-0.39, 0.29) is 0 Å². The van der Waals surface area contributed by atoms with E-state index in [0.29, 0.717) is 0 Å². The van der Waals surface area contributed by atoms with Crippen molar-refractivity contribution in [1.29, 1.82) is 0 Å². The Bertz CT molecular complexity index is 749. The monoisotopic (exact) mass is 353 g/mol. The molecule has 0 saturated heterocycles. The van der Waals surface area contributed by atoms with E-state index in [1.807, 2.05) is 36.4 Å². The van der Waals surface area contributed by atoms with Gasteiger partial charge in [-0.3, -0.25) is 0 Å².